The monoisotopic (exact) mass is 334 g/mol. The van der Waals surface area contributed by atoms with Crippen molar-refractivity contribution in [2.75, 3.05) is 26.2 Å². The lowest BCUT2D eigenvalue weighted by atomic mass is 10.2. The summed E-state index contributed by atoms with van der Waals surface area (Å²) in [5, 5.41) is 9.93. The molecule has 2 aromatic rings. The van der Waals surface area contributed by atoms with Gasteiger partial charge in [-0.15, -0.1) is 11.3 Å². The van der Waals surface area contributed by atoms with Crippen molar-refractivity contribution in [3.8, 4) is 0 Å². The number of hydrogen-bond donors (Lipinski definition) is 1. The second-order valence-electron chi connectivity index (χ2n) is 5.63. The summed E-state index contributed by atoms with van der Waals surface area (Å²) in [5.41, 5.74) is 2.36. The van der Waals surface area contributed by atoms with Gasteiger partial charge in [0.1, 0.15) is 6.54 Å². The highest BCUT2D eigenvalue weighted by atomic mass is 35.5. The summed E-state index contributed by atoms with van der Waals surface area (Å²) in [4.78, 5) is 2.83. The lowest BCUT2D eigenvalue weighted by Crippen LogP contribution is -3.13. The van der Waals surface area contributed by atoms with Gasteiger partial charge in [-0.2, -0.15) is 5.10 Å². The third-order valence-electron chi connectivity index (χ3n) is 4.01. The number of piperazine rings is 1. The van der Waals surface area contributed by atoms with E-state index >= 15 is 0 Å². The number of benzene rings is 1. The van der Waals surface area contributed by atoms with E-state index in [-0.39, 0.29) is 0 Å². The Bertz CT molecular complexity index is 631. The molecular formula is C17H21ClN3S+. The lowest BCUT2D eigenvalue weighted by Gasteiger charge is -2.31. The molecule has 0 radical (unpaired) electrons. The van der Waals surface area contributed by atoms with Gasteiger partial charge in [-0.25, -0.2) is 0 Å². The van der Waals surface area contributed by atoms with Crippen LogP contribution >= 0.6 is 22.9 Å². The van der Waals surface area contributed by atoms with Gasteiger partial charge in [-0.1, -0.05) is 35.9 Å². The van der Waals surface area contributed by atoms with Gasteiger partial charge in [0.2, 0.25) is 0 Å². The Morgan fingerprint density at radius 1 is 1.23 bits per heavy atom. The fourth-order valence-electron chi connectivity index (χ4n) is 2.74. The Hall–Kier alpha value is -1.36. The number of nitrogens with one attached hydrogen (secondary N) is 1. The maximum Gasteiger partial charge on any atom is 0.104 e. The quantitative estimate of drug-likeness (QED) is 0.852. The van der Waals surface area contributed by atoms with E-state index in [1.54, 1.807) is 16.2 Å². The van der Waals surface area contributed by atoms with Crippen molar-refractivity contribution >= 4 is 28.6 Å². The summed E-state index contributed by atoms with van der Waals surface area (Å²) in [6, 6.07) is 12.3. The molecule has 116 valence electrons. The molecule has 22 heavy (non-hydrogen) atoms. The van der Waals surface area contributed by atoms with E-state index in [1.807, 2.05) is 12.1 Å². The van der Waals surface area contributed by atoms with Crippen LogP contribution in [0.25, 0.3) is 0 Å². The minimum atomic E-state index is 0.879. The molecule has 1 aliphatic heterocycles. The molecule has 2 heterocycles. The molecule has 1 aliphatic rings. The first-order chi connectivity index (χ1) is 10.7. The van der Waals surface area contributed by atoms with Crippen molar-refractivity contribution in [3.05, 3.63) is 57.2 Å². The molecule has 0 unspecified atom stereocenters. The van der Waals surface area contributed by atoms with Gasteiger partial charge in [-0.05, 0) is 24.4 Å². The standard InChI is InChI=1S/C17H20ClN3S/c1-14(17-7-4-12-22-17)19-21-10-8-20(9-11-21)13-15-5-2-3-6-16(15)18/h2-7,12H,8-11,13H2,1H3/p+1/b19-14-. The van der Waals surface area contributed by atoms with Gasteiger partial charge in [0.05, 0.1) is 31.9 Å². The molecule has 1 N–H and O–H groups in total. The van der Waals surface area contributed by atoms with Crippen LogP contribution in [0, 0.1) is 0 Å². The molecular weight excluding hydrogens is 314 g/mol. The number of nitrogens with zero attached hydrogens (tertiary/aromatic N) is 2. The highest BCUT2D eigenvalue weighted by Crippen LogP contribution is 2.14. The summed E-state index contributed by atoms with van der Waals surface area (Å²) in [6.45, 7) is 7.31. The molecule has 0 bridgehead atoms. The van der Waals surface area contributed by atoms with E-state index in [2.05, 4.69) is 41.6 Å². The third kappa shape index (κ3) is 3.88. The second-order valence-corrected chi connectivity index (χ2v) is 6.99. The van der Waals surface area contributed by atoms with Crippen molar-refractivity contribution in [3.63, 3.8) is 0 Å². The summed E-state index contributed by atoms with van der Waals surface area (Å²) in [7, 11) is 0. The van der Waals surface area contributed by atoms with Crippen LogP contribution in [0.15, 0.2) is 46.9 Å². The Kier molecular flexibility index (Phi) is 5.13. The zero-order valence-electron chi connectivity index (χ0n) is 12.8. The molecule has 1 fully saturated rings. The Balaban J connectivity index is 1.54. The molecule has 1 saturated heterocycles. The summed E-state index contributed by atoms with van der Waals surface area (Å²) < 4.78 is 0. The van der Waals surface area contributed by atoms with Crippen molar-refractivity contribution in [1.29, 1.82) is 0 Å². The van der Waals surface area contributed by atoms with Crippen LogP contribution in [0.5, 0.6) is 0 Å². The van der Waals surface area contributed by atoms with E-state index in [0.29, 0.717) is 0 Å². The number of thiophene rings is 1. The van der Waals surface area contributed by atoms with Crippen LogP contribution in [-0.4, -0.2) is 36.9 Å². The molecule has 3 rings (SSSR count). The minimum absolute atomic E-state index is 0.879. The Labute approximate surface area is 140 Å². The van der Waals surface area contributed by atoms with Crippen LogP contribution in [0.4, 0.5) is 0 Å². The Morgan fingerprint density at radius 3 is 2.68 bits per heavy atom. The van der Waals surface area contributed by atoms with Crippen molar-refractivity contribution in [2.24, 2.45) is 5.10 Å². The lowest BCUT2D eigenvalue weighted by molar-refractivity contribution is -0.918. The smallest absolute Gasteiger partial charge is 0.104 e. The first-order valence-electron chi connectivity index (χ1n) is 7.63. The molecule has 0 saturated carbocycles. The molecule has 3 nitrogen and oxygen atoms in total. The van der Waals surface area contributed by atoms with E-state index in [4.69, 9.17) is 16.7 Å². The van der Waals surface area contributed by atoms with Crippen molar-refractivity contribution < 1.29 is 4.90 Å². The normalized spacial score (nSPS) is 17.0. The van der Waals surface area contributed by atoms with Gasteiger partial charge >= 0.3 is 0 Å². The zero-order valence-corrected chi connectivity index (χ0v) is 14.3. The topological polar surface area (TPSA) is 20.0 Å². The SMILES string of the molecule is C/C(=N/N1CC[NH+](Cc2ccccc2Cl)CC1)c1cccs1. The van der Waals surface area contributed by atoms with E-state index < -0.39 is 0 Å². The number of rotatable bonds is 4. The molecule has 1 aromatic carbocycles. The van der Waals surface area contributed by atoms with Crippen LogP contribution in [-0.2, 0) is 6.54 Å². The molecule has 0 spiro atoms. The van der Waals surface area contributed by atoms with Crippen molar-refractivity contribution in [2.45, 2.75) is 13.5 Å². The average Bonchev–Trinajstić information content (AvgIpc) is 3.06. The van der Waals surface area contributed by atoms with Crippen LogP contribution in [0.1, 0.15) is 17.4 Å². The van der Waals surface area contributed by atoms with Gasteiger partial charge in [-0.3, -0.25) is 5.01 Å². The van der Waals surface area contributed by atoms with Gasteiger partial charge in [0.25, 0.3) is 0 Å². The van der Waals surface area contributed by atoms with Crippen molar-refractivity contribution in [1.82, 2.24) is 5.01 Å². The largest absolute Gasteiger partial charge is 0.328 e. The molecule has 0 aliphatic carbocycles. The number of quaternary nitrogens is 1. The van der Waals surface area contributed by atoms with Gasteiger partial charge in [0, 0.05) is 15.5 Å². The highest BCUT2D eigenvalue weighted by molar-refractivity contribution is 7.12. The predicted molar refractivity (Wildman–Crippen MR) is 94.0 cm³/mol. The number of halogens is 1. The molecule has 0 amide bonds. The average molecular weight is 335 g/mol. The zero-order chi connectivity index (χ0) is 15.4. The van der Waals surface area contributed by atoms with Gasteiger partial charge < -0.3 is 4.90 Å². The maximum atomic E-state index is 6.25. The summed E-state index contributed by atoms with van der Waals surface area (Å²) in [5.74, 6) is 0. The first-order valence-corrected chi connectivity index (χ1v) is 8.89. The second kappa shape index (κ2) is 7.27. The fourth-order valence-corrected chi connectivity index (χ4v) is 3.62. The predicted octanol–water partition coefficient (Wildman–Crippen LogP) is 2.53. The number of hydrogen-bond acceptors (Lipinski definition) is 3. The van der Waals surface area contributed by atoms with Crippen LogP contribution in [0.3, 0.4) is 0 Å². The summed E-state index contributed by atoms with van der Waals surface area (Å²) >= 11 is 8.00. The van der Waals surface area contributed by atoms with Gasteiger partial charge in [0.15, 0.2) is 0 Å². The van der Waals surface area contributed by atoms with E-state index in [1.165, 1.54) is 10.4 Å². The van der Waals surface area contributed by atoms with E-state index in [0.717, 1.165) is 43.5 Å². The Morgan fingerprint density at radius 2 is 2.00 bits per heavy atom. The summed E-state index contributed by atoms with van der Waals surface area (Å²) in [6.07, 6.45) is 0. The fraction of sp³-hybridized carbons (Fsp3) is 0.353. The number of hydrazone groups is 1. The third-order valence-corrected chi connectivity index (χ3v) is 5.36. The minimum Gasteiger partial charge on any atom is -0.328 e. The first kappa shape index (κ1) is 15.5. The van der Waals surface area contributed by atoms with E-state index in [9.17, 15) is 0 Å². The van der Waals surface area contributed by atoms with Crippen LogP contribution < -0.4 is 4.90 Å². The highest BCUT2D eigenvalue weighted by Gasteiger charge is 2.20. The van der Waals surface area contributed by atoms with Crippen LogP contribution in [0.2, 0.25) is 5.02 Å². The maximum absolute atomic E-state index is 6.25. The molecule has 1 aromatic heterocycles. The molecule has 0 atom stereocenters. The molecule has 5 heteroatoms.